The second kappa shape index (κ2) is 3.59. The summed E-state index contributed by atoms with van der Waals surface area (Å²) in [7, 11) is 0. The first-order valence-electron chi connectivity index (χ1n) is 4.77. The molecule has 0 aliphatic carbocycles. The summed E-state index contributed by atoms with van der Waals surface area (Å²) in [6.45, 7) is 6.99. The van der Waals surface area contributed by atoms with Gasteiger partial charge >= 0.3 is 11.9 Å². The molecule has 1 aliphatic heterocycles. The van der Waals surface area contributed by atoms with E-state index in [-0.39, 0.29) is 5.92 Å². The Morgan fingerprint density at radius 1 is 1.21 bits per heavy atom. The van der Waals surface area contributed by atoms with E-state index in [0.717, 1.165) is 0 Å². The molecule has 1 fully saturated rings. The van der Waals surface area contributed by atoms with Gasteiger partial charge in [-0.15, -0.1) is 0 Å². The number of hydrogen-bond acceptors (Lipinski definition) is 4. The Balaban J connectivity index is 2.71. The highest BCUT2D eigenvalue weighted by Gasteiger charge is 2.43. The van der Waals surface area contributed by atoms with Crippen molar-refractivity contribution in [3.05, 3.63) is 0 Å². The molecule has 80 valence electrons. The zero-order chi connectivity index (χ0) is 10.9. The summed E-state index contributed by atoms with van der Waals surface area (Å²) in [5.41, 5.74) is 0. The lowest BCUT2D eigenvalue weighted by Crippen LogP contribution is -2.46. The Labute approximate surface area is 83.6 Å². The average molecular weight is 200 g/mol. The van der Waals surface area contributed by atoms with Crippen molar-refractivity contribution in [1.82, 2.24) is 0 Å². The quantitative estimate of drug-likeness (QED) is 0.500. The van der Waals surface area contributed by atoms with Crippen molar-refractivity contribution in [3.63, 3.8) is 0 Å². The molecule has 1 aliphatic rings. The van der Waals surface area contributed by atoms with Gasteiger partial charge in [-0.1, -0.05) is 13.8 Å². The summed E-state index contributed by atoms with van der Waals surface area (Å²) in [5, 5.41) is 0. The summed E-state index contributed by atoms with van der Waals surface area (Å²) in [5.74, 6) is -2.54. The molecule has 0 amide bonds. The SMILES string of the molecule is CC(C)CC1C(=O)OC(C)(C)OC1=O. The molecule has 1 heterocycles. The Kier molecular flexibility index (Phi) is 2.83. The first-order chi connectivity index (χ1) is 6.32. The molecule has 0 atom stereocenters. The summed E-state index contributed by atoms with van der Waals surface area (Å²) < 4.78 is 9.95. The van der Waals surface area contributed by atoms with Crippen molar-refractivity contribution in [2.24, 2.45) is 11.8 Å². The van der Waals surface area contributed by atoms with E-state index >= 15 is 0 Å². The fraction of sp³-hybridized carbons (Fsp3) is 0.800. The number of cyclic esters (lactones) is 2. The van der Waals surface area contributed by atoms with E-state index in [1.807, 2.05) is 13.8 Å². The molecule has 0 spiro atoms. The minimum Gasteiger partial charge on any atom is -0.422 e. The molecule has 1 rings (SSSR count). The van der Waals surface area contributed by atoms with Crippen LogP contribution in [0.3, 0.4) is 0 Å². The van der Waals surface area contributed by atoms with Gasteiger partial charge in [-0.05, 0) is 12.3 Å². The van der Waals surface area contributed by atoms with Gasteiger partial charge < -0.3 is 9.47 Å². The van der Waals surface area contributed by atoms with Gasteiger partial charge in [0, 0.05) is 13.8 Å². The highest BCUT2D eigenvalue weighted by atomic mass is 16.7. The van der Waals surface area contributed by atoms with Crippen LogP contribution in [0.4, 0.5) is 0 Å². The Morgan fingerprint density at radius 3 is 2.00 bits per heavy atom. The molecule has 0 N–H and O–H groups in total. The van der Waals surface area contributed by atoms with Crippen LogP contribution in [0.1, 0.15) is 34.1 Å². The fourth-order valence-corrected chi connectivity index (χ4v) is 1.41. The number of hydrogen-bond donors (Lipinski definition) is 0. The van der Waals surface area contributed by atoms with Gasteiger partial charge in [0.25, 0.3) is 5.79 Å². The van der Waals surface area contributed by atoms with Crippen LogP contribution in [0.25, 0.3) is 0 Å². The summed E-state index contributed by atoms with van der Waals surface area (Å²) in [4.78, 5) is 22.9. The predicted octanol–water partition coefficient (Wildman–Crippen LogP) is 1.48. The lowest BCUT2D eigenvalue weighted by molar-refractivity contribution is -0.240. The van der Waals surface area contributed by atoms with E-state index in [1.54, 1.807) is 13.8 Å². The van der Waals surface area contributed by atoms with E-state index in [2.05, 4.69) is 0 Å². The zero-order valence-electron chi connectivity index (χ0n) is 8.99. The van der Waals surface area contributed by atoms with Gasteiger partial charge in [0.05, 0.1) is 0 Å². The molecular weight excluding hydrogens is 184 g/mol. The van der Waals surface area contributed by atoms with Crippen LogP contribution in [-0.2, 0) is 19.1 Å². The molecule has 14 heavy (non-hydrogen) atoms. The van der Waals surface area contributed by atoms with Gasteiger partial charge in [-0.3, -0.25) is 9.59 Å². The average Bonchev–Trinajstić information content (AvgIpc) is 1.94. The van der Waals surface area contributed by atoms with E-state index in [9.17, 15) is 9.59 Å². The van der Waals surface area contributed by atoms with Crippen LogP contribution in [0.5, 0.6) is 0 Å². The van der Waals surface area contributed by atoms with Crippen LogP contribution in [0, 0.1) is 11.8 Å². The molecule has 0 aromatic carbocycles. The first kappa shape index (κ1) is 11.0. The molecule has 1 saturated heterocycles. The second-order valence-corrected chi connectivity index (χ2v) is 4.42. The fourth-order valence-electron chi connectivity index (χ4n) is 1.41. The van der Waals surface area contributed by atoms with Crippen molar-refractivity contribution in [3.8, 4) is 0 Å². The molecular formula is C10H16O4. The lowest BCUT2D eigenvalue weighted by atomic mass is 9.96. The topological polar surface area (TPSA) is 52.6 Å². The summed E-state index contributed by atoms with van der Waals surface area (Å²) in [6, 6.07) is 0. The van der Waals surface area contributed by atoms with Gasteiger partial charge in [-0.25, -0.2) is 0 Å². The first-order valence-corrected chi connectivity index (χ1v) is 4.77. The van der Waals surface area contributed by atoms with Gasteiger partial charge in [-0.2, -0.15) is 0 Å². The maximum absolute atomic E-state index is 11.4. The van der Waals surface area contributed by atoms with E-state index < -0.39 is 23.6 Å². The minimum absolute atomic E-state index is 0.265. The van der Waals surface area contributed by atoms with Crippen molar-refractivity contribution in [2.75, 3.05) is 0 Å². The van der Waals surface area contributed by atoms with Crippen LogP contribution < -0.4 is 0 Å². The molecule has 4 nitrogen and oxygen atoms in total. The van der Waals surface area contributed by atoms with Crippen LogP contribution in [-0.4, -0.2) is 17.7 Å². The number of esters is 2. The number of ether oxygens (including phenoxy) is 2. The molecule has 0 saturated carbocycles. The third-order valence-electron chi connectivity index (χ3n) is 1.97. The van der Waals surface area contributed by atoms with Crippen molar-refractivity contribution >= 4 is 11.9 Å². The Hall–Kier alpha value is -1.06. The predicted molar refractivity (Wildman–Crippen MR) is 49.2 cm³/mol. The lowest BCUT2D eigenvalue weighted by Gasteiger charge is -2.33. The van der Waals surface area contributed by atoms with E-state index in [4.69, 9.17) is 9.47 Å². The Bertz CT molecular complexity index is 235. The highest BCUT2D eigenvalue weighted by molar-refractivity contribution is 5.96. The molecule has 0 aromatic heterocycles. The third-order valence-corrected chi connectivity index (χ3v) is 1.97. The molecule has 0 bridgehead atoms. The van der Waals surface area contributed by atoms with Crippen molar-refractivity contribution in [1.29, 1.82) is 0 Å². The maximum atomic E-state index is 11.4. The Morgan fingerprint density at radius 2 is 1.64 bits per heavy atom. The summed E-state index contributed by atoms with van der Waals surface area (Å²) in [6.07, 6.45) is 0.480. The number of rotatable bonds is 2. The van der Waals surface area contributed by atoms with Gasteiger partial charge in [0.15, 0.2) is 5.92 Å². The maximum Gasteiger partial charge on any atom is 0.323 e. The largest absolute Gasteiger partial charge is 0.422 e. The van der Waals surface area contributed by atoms with Crippen LogP contribution in [0.2, 0.25) is 0 Å². The number of carbonyl (C=O) groups excluding carboxylic acids is 2. The summed E-state index contributed by atoms with van der Waals surface area (Å²) >= 11 is 0. The van der Waals surface area contributed by atoms with Gasteiger partial charge in [0.1, 0.15) is 0 Å². The van der Waals surface area contributed by atoms with Crippen molar-refractivity contribution < 1.29 is 19.1 Å². The van der Waals surface area contributed by atoms with Crippen molar-refractivity contribution in [2.45, 2.75) is 39.9 Å². The normalized spacial score (nSPS) is 22.1. The second-order valence-electron chi connectivity index (χ2n) is 4.42. The smallest absolute Gasteiger partial charge is 0.323 e. The molecule has 0 radical (unpaired) electrons. The number of carbonyl (C=O) groups is 2. The third kappa shape index (κ3) is 2.47. The van der Waals surface area contributed by atoms with E-state index in [1.165, 1.54) is 0 Å². The minimum atomic E-state index is -1.11. The van der Waals surface area contributed by atoms with Crippen LogP contribution in [0.15, 0.2) is 0 Å². The molecule has 4 heteroatoms. The molecule has 0 unspecified atom stereocenters. The standard InChI is InChI=1S/C10H16O4/c1-6(2)5-7-8(11)13-10(3,4)14-9(7)12/h6-7H,5H2,1-4H3. The van der Waals surface area contributed by atoms with Gasteiger partial charge in [0.2, 0.25) is 0 Å². The monoisotopic (exact) mass is 200 g/mol. The van der Waals surface area contributed by atoms with E-state index in [0.29, 0.717) is 6.42 Å². The zero-order valence-corrected chi connectivity index (χ0v) is 8.99. The van der Waals surface area contributed by atoms with Crippen LogP contribution >= 0.6 is 0 Å². The highest BCUT2D eigenvalue weighted by Crippen LogP contribution is 2.26. The molecule has 0 aromatic rings.